The highest BCUT2D eigenvalue weighted by Gasteiger charge is 2.15. The maximum atomic E-state index is 6.01. The van der Waals surface area contributed by atoms with E-state index in [-0.39, 0.29) is 6.79 Å². The lowest BCUT2D eigenvalue weighted by molar-refractivity contribution is 0.174. The number of hydrogen-bond donors (Lipinski definition) is 1. The van der Waals surface area contributed by atoms with E-state index in [9.17, 15) is 0 Å². The highest BCUT2D eigenvalue weighted by atomic mass is 32.1. The minimum absolute atomic E-state index is 0.276. The molecule has 0 aliphatic carbocycles. The van der Waals surface area contributed by atoms with Gasteiger partial charge in [0.15, 0.2) is 11.5 Å². The maximum Gasteiger partial charge on any atom is 0.231 e. The summed E-state index contributed by atoms with van der Waals surface area (Å²) >= 11 is 1.62. The zero-order chi connectivity index (χ0) is 19.2. The lowest BCUT2D eigenvalue weighted by Crippen LogP contribution is -2.01. The lowest BCUT2D eigenvalue weighted by Gasteiger charge is -2.07. The summed E-state index contributed by atoms with van der Waals surface area (Å²) in [6.45, 7) is 0.902. The lowest BCUT2D eigenvalue weighted by atomic mass is 10.2. The zero-order valence-corrected chi connectivity index (χ0v) is 16.0. The molecule has 4 heterocycles. The van der Waals surface area contributed by atoms with E-state index in [0.29, 0.717) is 6.54 Å². The first-order chi connectivity index (χ1) is 14.3. The molecular weight excluding hydrogens is 386 g/mol. The second-order valence-corrected chi connectivity index (χ2v) is 7.79. The van der Waals surface area contributed by atoms with Gasteiger partial charge >= 0.3 is 0 Å². The SMILES string of the molecule is c1ccc2oc(-c3cc4ncnc(NCc5ccc6c(c5)OCO6)c4s3)cc2c1. The molecule has 0 spiro atoms. The Labute approximate surface area is 169 Å². The van der Waals surface area contributed by atoms with Gasteiger partial charge < -0.3 is 19.2 Å². The average Bonchev–Trinajstić information content (AvgIpc) is 3.48. The number of benzene rings is 2. The summed E-state index contributed by atoms with van der Waals surface area (Å²) in [4.78, 5) is 9.90. The Kier molecular flexibility index (Phi) is 3.67. The second-order valence-electron chi connectivity index (χ2n) is 6.74. The molecule has 1 aliphatic rings. The van der Waals surface area contributed by atoms with Gasteiger partial charge in [-0.2, -0.15) is 0 Å². The van der Waals surface area contributed by atoms with Crippen LogP contribution in [0.25, 0.3) is 31.8 Å². The largest absolute Gasteiger partial charge is 0.455 e. The van der Waals surface area contributed by atoms with Crippen LogP contribution in [-0.4, -0.2) is 16.8 Å². The second kappa shape index (κ2) is 6.49. The molecular formula is C22H15N3O3S. The van der Waals surface area contributed by atoms with E-state index >= 15 is 0 Å². The van der Waals surface area contributed by atoms with Crippen LogP contribution in [0.3, 0.4) is 0 Å². The van der Waals surface area contributed by atoms with Crippen molar-refractivity contribution in [3.8, 4) is 22.1 Å². The summed E-state index contributed by atoms with van der Waals surface area (Å²) < 4.78 is 17.8. The van der Waals surface area contributed by atoms with Crippen molar-refractivity contribution in [1.82, 2.24) is 9.97 Å². The van der Waals surface area contributed by atoms with Crippen LogP contribution in [0.1, 0.15) is 5.56 Å². The predicted octanol–water partition coefficient (Wildman–Crippen LogP) is 5.45. The molecule has 0 unspecified atom stereocenters. The molecule has 5 aromatic rings. The van der Waals surface area contributed by atoms with Gasteiger partial charge in [0.2, 0.25) is 6.79 Å². The van der Waals surface area contributed by atoms with Crippen molar-refractivity contribution in [1.29, 1.82) is 0 Å². The Bertz CT molecular complexity index is 1330. The fourth-order valence-corrected chi connectivity index (χ4v) is 4.47. The first-order valence-corrected chi connectivity index (χ1v) is 10.0. The normalized spacial score (nSPS) is 12.7. The summed E-state index contributed by atoms with van der Waals surface area (Å²) in [6.07, 6.45) is 1.58. The van der Waals surface area contributed by atoms with Crippen molar-refractivity contribution < 1.29 is 13.9 Å². The van der Waals surface area contributed by atoms with E-state index in [1.54, 1.807) is 17.7 Å². The molecule has 3 aromatic heterocycles. The number of furan rings is 1. The monoisotopic (exact) mass is 401 g/mol. The number of nitrogens with zero attached hydrogens (tertiary/aromatic N) is 2. The fourth-order valence-electron chi connectivity index (χ4n) is 3.44. The third-order valence-corrected chi connectivity index (χ3v) is 6.02. The van der Waals surface area contributed by atoms with Crippen LogP contribution >= 0.6 is 11.3 Å². The van der Waals surface area contributed by atoms with Gasteiger partial charge in [-0.3, -0.25) is 0 Å². The van der Waals surface area contributed by atoms with Crippen molar-refractivity contribution >= 4 is 38.3 Å². The predicted molar refractivity (Wildman–Crippen MR) is 113 cm³/mol. The highest BCUT2D eigenvalue weighted by Crippen LogP contribution is 2.38. The average molecular weight is 401 g/mol. The molecule has 7 heteroatoms. The standard InChI is InChI=1S/C22H15N3O3S/c1-2-4-16-14(3-1)8-19(28-16)20-9-15-21(29-20)22(25-11-24-15)23-10-13-5-6-17-18(7-13)27-12-26-17/h1-9,11H,10,12H2,(H,23,24,25). The number of anilines is 1. The number of ether oxygens (including phenoxy) is 2. The smallest absolute Gasteiger partial charge is 0.231 e. The molecule has 0 saturated carbocycles. The number of hydrogen-bond acceptors (Lipinski definition) is 7. The molecule has 6 nitrogen and oxygen atoms in total. The third kappa shape index (κ3) is 2.87. The summed E-state index contributed by atoms with van der Waals surface area (Å²) in [5, 5.41) is 4.51. The number of nitrogens with one attached hydrogen (secondary N) is 1. The number of thiophene rings is 1. The van der Waals surface area contributed by atoms with Gasteiger partial charge in [-0.15, -0.1) is 11.3 Å². The van der Waals surface area contributed by atoms with Crippen LogP contribution in [0, 0.1) is 0 Å². The molecule has 1 aliphatic heterocycles. The van der Waals surface area contributed by atoms with Gasteiger partial charge in [0.25, 0.3) is 0 Å². The molecule has 2 aromatic carbocycles. The Balaban J connectivity index is 1.31. The Hall–Kier alpha value is -3.58. The fraction of sp³-hybridized carbons (Fsp3) is 0.0909. The summed E-state index contributed by atoms with van der Waals surface area (Å²) in [7, 11) is 0. The molecule has 142 valence electrons. The van der Waals surface area contributed by atoms with Crippen LogP contribution in [0.2, 0.25) is 0 Å². The topological polar surface area (TPSA) is 69.4 Å². The van der Waals surface area contributed by atoms with Gasteiger partial charge in [0.1, 0.15) is 23.5 Å². The van der Waals surface area contributed by atoms with Gasteiger partial charge in [0, 0.05) is 11.9 Å². The molecule has 0 amide bonds. The van der Waals surface area contributed by atoms with E-state index in [2.05, 4.69) is 21.4 Å². The van der Waals surface area contributed by atoms with Crippen LogP contribution in [0.4, 0.5) is 5.82 Å². The van der Waals surface area contributed by atoms with E-state index in [1.807, 2.05) is 48.5 Å². The minimum Gasteiger partial charge on any atom is -0.455 e. The van der Waals surface area contributed by atoms with E-state index in [1.165, 1.54) is 0 Å². The van der Waals surface area contributed by atoms with Gasteiger partial charge in [-0.05, 0) is 35.9 Å². The van der Waals surface area contributed by atoms with Gasteiger partial charge in [-0.1, -0.05) is 24.3 Å². The molecule has 0 saturated heterocycles. The zero-order valence-electron chi connectivity index (χ0n) is 15.2. The Morgan fingerprint density at radius 1 is 0.966 bits per heavy atom. The summed E-state index contributed by atoms with van der Waals surface area (Å²) in [6, 6.07) is 18.1. The van der Waals surface area contributed by atoms with E-state index in [4.69, 9.17) is 13.9 Å². The molecule has 6 rings (SSSR count). The molecule has 0 atom stereocenters. The van der Waals surface area contributed by atoms with E-state index in [0.717, 1.165) is 54.7 Å². The van der Waals surface area contributed by atoms with Crippen molar-refractivity contribution in [2.75, 3.05) is 12.1 Å². The van der Waals surface area contributed by atoms with Crippen molar-refractivity contribution in [2.24, 2.45) is 0 Å². The van der Waals surface area contributed by atoms with E-state index < -0.39 is 0 Å². The summed E-state index contributed by atoms with van der Waals surface area (Å²) in [5.41, 5.74) is 2.87. The minimum atomic E-state index is 0.276. The number of fused-ring (bicyclic) bond motifs is 3. The molecule has 1 N–H and O–H groups in total. The van der Waals surface area contributed by atoms with Crippen LogP contribution < -0.4 is 14.8 Å². The van der Waals surface area contributed by atoms with Crippen molar-refractivity contribution in [3.63, 3.8) is 0 Å². The third-order valence-electron chi connectivity index (χ3n) is 4.88. The number of para-hydroxylation sites is 1. The molecule has 0 bridgehead atoms. The highest BCUT2D eigenvalue weighted by molar-refractivity contribution is 7.22. The van der Waals surface area contributed by atoms with Crippen LogP contribution in [0.5, 0.6) is 11.5 Å². The summed E-state index contributed by atoms with van der Waals surface area (Å²) in [5.74, 6) is 3.21. The maximum absolute atomic E-state index is 6.01. The van der Waals surface area contributed by atoms with Crippen molar-refractivity contribution in [3.05, 3.63) is 66.5 Å². The Morgan fingerprint density at radius 3 is 2.86 bits per heavy atom. The Morgan fingerprint density at radius 2 is 1.90 bits per heavy atom. The first kappa shape index (κ1) is 16.4. The molecule has 29 heavy (non-hydrogen) atoms. The van der Waals surface area contributed by atoms with Crippen LogP contribution in [0.15, 0.2) is 65.3 Å². The molecule has 0 fully saturated rings. The van der Waals surface area contributed by atoms with Crippen molar-refractivity contribution in [2.45, 2.75) is 6.54 Å². The molecule has 0 radical (unpaired) electrons. The van der Waals surface area contributed by atoms with Crippen LogP contribution in [-0.2, 0) is 6.54 Å². The first-order valence-electron chi connectivity index (χ1n) is 9.19. The number of aromatic nitrogens is 2. The van der Waals surface area contributed by atoms with Gasteiger partial charge in [-0.25, -0.2) is 9.97 Å². The van der Waals surface area contributed by atoms with Gasteiger partial charge in [0.05, 0.1) is 15.1 Å². The quantitative estimate of drug-likeness (QED) is 0.432. The number of rotatable bonds is 4.